The number of benzene rings is 4. The molecule has 4 unspecified atom stereocenters. The number of hydrogen-bond acceptors (Lipinski definition) is 28. The maximum atomic E-state index is 14.5. The SMILES string of the molecule is CCCCCOc1ccc(-c2ccc(-c3ccc(C(=O)N[C@H]4C[C@@H](O)[C@@H](O)NC(=O)[C@@H]5[C@@H](O)[C@@H](C)CN5C(=O)[C@H]([C@H](C)O)NC(=O)[C@H]([C@H](O)[C@@H](O)c5ccc(O)cc5)NC(=O)[C@@H]5C[C@@H](O)CN5C(=O)[C@H]([C@H](C)O)NC4=O)cc3)cc2)cc1.C[C@@H]([C@H](N)C(=O)N[C@H](C(=O)O)C1OC(n2ccc(=O)[nH]c2=O)C(O)C1O)[C@H](O)c1ccc(O)cn1. The highest BCUT2D eigenvalue weighted by Crippen LogP contribution is 2.34. The molecule has 2 aromatic heterocycles. The molecule has 4 saturated heterocycles. The van der Waals surface area contributed by atoms with Crippen molar-refractivity contribution in [3.63, 3.8) is 0 Å². The van der Waals surface area contributed by atoms with Crippen LogP contribution < -0.4 is 53.6 Å². The van der Waals surface area contributed by atoms with Gasteiger partial charge in [0.2, 0.25) is 41.4 Å². The van der Waals surface area contributed by atoms with Gasteiger partial charge in [-0.2, -0.15) is 0 Å². The van der Waals surface area contributed by atoms with Crippen LogP contribution in [0.1, 0.15) is 107 Å². The highest BCUT2D eigenvalue weighted by atomic mass is 16.6. The number of aliphatic carboxylic acids is 1. The lowest BCUT2D eigenvalue weighted by Crippen LogP contribution is -2.64. The second-order valence-electron chi connectivity index (χ2n) is 29.4. The number of amides is 8. The van der Waals surface area contributed by atoms with Gasteiger partial charge in [0, 0.05) is 55.6 Å². The van der Waals surface area contributed by atoms with Crippen LogP contribution in [0.15, 0.2) is 137 Å². The maximum Gasteiger partial charge on any atom is 0.330 e. The van der Waals surface area contributed by atoms with Gasteiger partial charge in [0.15, 0.2) is 18.5 Å². The minimum absolute atomic E-state index is 0.00973. The number of nitrogens with one attached hydrogen (secondary N) is 7. The Morgan fingerprint density at radius 2 is 1.20 bits per heavy atom. The van der Waals surface area contributed by atoms with Gasteiger partial charge in [-0.05, 0) is 96.6 Å². The van der Waals surface area contributed by atoms with Gasteiger partial charge in [0.05, 0.1) is 49.0 Å². The third kappa shape index (κ3) is 21.7. The number of carbonyl (C=O) groups excluding carboxylic acids is 8. The van der Waals surface area contributed by atoms with Crippen molar-refractivity contribution in [2.24, 2.45) is 17.6 Å². The summed E-state index contributed by atoms with van der Waals surface area (Å²) in [5.74, 6) is -12.4. The fourth-order valence-electron chi connectivity index (χ4n) is 13.9. The highest BCUT2D eigenvalue weighted by molar-refractivity contribution is 6.00. The third-order valence-corrected chi connectivity index (χ3v) is 20.8. The van der Waals surface area contributed by atoms with E-state index in [-0.39, 0.29) is 34.9 Å². The molecule has 0 saturated carbocycles. The quantitative estimate of drug-likeness (QED) is 0.0285. The number of aliphatic hydroxyl groups excluding tert-OH is 11. The largest absolute Gasteiger partial charge is 0.508 e. The van der Waals surface area contributed by atoms with Crippen molar-refractivity contribution < 1.29 is 124 Å². The number of carboxylic acid groups (broad SMARTS) is 1. The first-order valence-electron chi connectivity index (χ1n) is 37.6. The van der Waals surface area contributed by atoms with Crippen molar-refractivity contribution in [3.05, 3.63) is 165 Å². The first-order chi connectivity index (χ1) is 55.4. The van der Waals surface area contributed by atoms with Crippen molar-refractivity contribution in [2.75, 3.05) is 19.7 Å². The summed E-state index contributed by atoms with van der Waals surface area (Å²) in [4.78, 5) is 155. The maximum absolute atomic E-state index is 14.5. The zero-order chi connectivity index (χ0) is 85.7. The van der Waals surface area contributed by atoms with Crippen molar-refractivity contribution in [1.82, 2.24) is 56.2 Å². The summed E-state index contributed by atoms with van der Waals surface area (Å²) in [5, 5.41) is 164. The predicted molar refractivity (Wildman–Crippen MR) is 408 cm³/mol. The topological polar surface area (TPSA) is 628 Å². The average molecular weight is 1640 g/mol. The number of aliphatic hydroxyl groups is 11. The van der Waals surface area contributed by atoms with Gasteiger partial charge in [0.1, 0.15) is 96.2 Å². The number of rotatable bonds is 22. The molecule has 117 heavy (non-hydrogen) atoms. The van der Waals surface area contributed by atoms with Crippen molar-refractivity contribution in [2.45, 2.75) is 195 Å². The number of pyridine rings is 1. The molecule has 39 heteroatoms. The van der Waals surface area contributed by atoms with Crippen LogP contribution in [0, 0.1) is 11.8 Å². The number of fused-ring (bicyclic) bond motifs is 2. The number of nitrogens with two attached hydrogens (primary N) is 1. The van der Waals surface area contributed by atoms with E-state index in [4.69, 9.17) is 15.2 Å². The molecule has 4 fully saturated rings. The van der Waals surface area contributed by atoms with Gasteiger partial charge in [-0.1, -0.05) is 94.3 Å². The van der Waals surface area contributed by atoms with Crippen LogP contribution in [0.4, 0.5) is 0 Å². The van der Waals surface area contributed by atoms with Gasteiger partial charge in [-0.25, -0.2) is 9.59 Å². The molecule has 39 nitrogen and oxygen atoms in total. The summed E-state index contributed by atoms with van der Waals surface area (Å²) < 4.78 is 12.0. The van der Waals surface area contributed by atoms with E-state index >= 15 is 0 Å². The number of H-pyrrole nitrogens is 1. The lowest BCUT2D eigenvalue weighted by molar-refractivity contribution is -0.149. The number of phenolic OH excluding ortho intramolecular Hbond substituents is 1. The summed E-state index contributed by atoms with van der Waals surface area (Å²) in [5.41, 5.74) is 7.70. The zero-order valence-electron chi connectivity index (χ0n) is 64.0. The number of nitrogens with zero attached hydrogens (tertiary/aromatic N) is 4. The Hall–Kier alpha value is -11.2. The molecule has 6 aromatic rings. The van der Waals surface area contributed by atoms with Crippen LogP contribution >= 0.6 is 0 Å². The van der Waals surface area contributed by atoms with Crippen LogP contribution in [0.2, 0.25) is 0 Å². The molecule has 10 rings (SSSR count). The van der Waals surface area contributed by atoms with E-state index < -0.39 is 224 Å². The lowest BCUT2D eigenvalue weighted by atomic mass is 9.92. The van der Waals surface area contributed by atoms with Gasteiger partial charge < -0.3 is 128 Å². The molecule has 632 valence electrons. The fourth-order valence-corrected chi connectivity index (χ4v) is 13.9. The summed E-state index contributed by atoms with van der Waals surface area (Å²) in [6, 6.07) is 15.0. The van der Waals surface area contributed by atoms with E-state index in [0.717, 1.165) is 101 Å². The molecule has 0 radical (unpaired) electrons. The molecule has 23 atom stereocenters. The fraction of sp³-hybridized carbons (Fsp3) is 0.462. The molecule has 4 aliphatic rings. The van der Waals surface area contributed by atoms with Crippen LogP contribution in [0.5, 0.6) is 17.2 Å². The second-order valence-corrected chi connectivity index (χ2v) is 29.4. The smallest absolute Gasteiger partial charge is 0.330 e. The molecule has 0 aliphatic carbocycles. The number of aromatic amines is 1. The summed E-state index contributed by atoms with van der Waals surface area (Å²) >= 11 is 0. The number of unbranched alkanes of at least 4 members (excludes halogenated alkanes) is 2. The van der Waals surface area contributed by atoms with E-state index in [2.05, 4.69) is 43.8 Å². The van der Waals surface area contributed by atoms with Gasteiger partial charge in [-0.15, -0.1) is 0 Å². The monoisotopic (exact) mass is 1630 g/mol. The molecule has 23 N–H and O–H groups in total. The number of aromatic nitrogens is 3. The average Bonchev–Trinajstić information content (AvgIpc) is 1.65. The number of phenols is 1. The van der Waals surface area contributed by atoms with E-state index in [1.54, 1.807) is 12.1 Å². The number of ether oxygens (including phenoxy) is 2. The Balaban J connectivity index is 0.000000371. The van der Waals surface area contributed by atoms with Crippen molar-refractivity contribution >= 4 is 53.2 Å². The summed E-state index contributed by atoms with van der Waals surface area (Å²) in [6.07, 6.45) is -19.8. The number of carbonyl (C=O) groups is 9. The first kappa shape index (κ1) is 89.7. The number of aromatic hydroxyl groups is 2. The number of hydrogen-bond donors (Lipinski definition) is 22. The molecule has 4 aliphatic heterocycles. The Labute approximate surface area is 667 Å². The summed E-state index contributed by atoms with van der Waals surface area (Å²) in [7, 11) is 0. The molecule has 6 heterocycles. The van der Waals surface area contributed by atoms with E-state index in [1.165, 1.54) is 50.2 Å². The van der Waals surface area contributed by atoms with Crippen LogP contribution in [0.25, 0.3) is 22.3 Å². The molecule has 4 aromatic carbocycles. The molecular formula is C78H98N12O27. The van der Waals surface area contributed by atoms with E-state index in [9.17, 15) is 124 Å². The Morgan fingerprint density at radius 1 is 0.632 bits per heavy atom. The molecule has 0 spiro atoms. The van der Waals surface area contributed by atoms with Crippen LogP contribution in [-0.2, 0) is 43.1 Å². The minimum Gasteiger partial charge on any atom is -0.508 e. The number of carboxylic acids is 1. The normalized spacial score (nSPS) is 26.9. The zero-order valence-corrected chi connectivity index (χ0v) is 64.0. The van der Waals surface area contributed by atoms with Crippen molar-refractivity contribution in [1.29, 1.82) is 0 Å². The summed E-state index contributed by atoms with van der Waals surface area (Å²) in [6.45, 7) is 6.89. The molecular weight excluding hydrogens is 1540 g/mol. The van der Waals surface area contributed by atoms with Gasteiger partial charge in [-0.3, -0.25) is 57.7 Å². The third-order valence-electron chi connectivity index (χ3n) is 20.8. The standard InChI is InChI=1S/C58H73N7O17.C20H25N5O10/c1-5-6-7-24-82-40-22-18-35(19-23-40)33-10-8-32(9-11-33)34-12-14-37(15-13-34)51(74)59-41-26-43(70)54(77)63-56(79)47-48(71)29(2)27-65(47)58(81)45(31(4)67)61-55(78)46(50(73)49(72)36-16-20-38(68)21-17-36)62-53(76)42-25-39(69)28-64(42)57(80)44(30(3)66)60-52(41)75;1-7(13(28)9-3-2-8(26)6-22-9)11(21)17(31)24-12(19(32)33)16-14(29)15(30)18(35-16)25-5-4-10(27)23-20(25)34/h8-23,29-31,39,41-50,54,66-73,77H,5-7,24-28H2,1-4H3,(H,59,74)(H,60,75)(H,61,78)(H,62,76)(H,63,79);2-7,11-16,18,26,28-30H,21H2,1H3,(H,24,31)(H,32,33)(H,23,27,34)/t29-,30-,31-,39+,41-,42-,43+,44-,45-,46-,47-,48-,49-,50-,54+;7-,11-,12-,13-,14?,15?,16?,18?/m00/s1. The van der Waals surface area contributed by atoms with Crippen LogP contribution in [0.3, 0.4) is 0 Å². The van der Waals surface area contributed by atoms with Crippen molar-refractivity contribution in [3.8, 4) is 39.5 Å². The van der Waals surface area contributed by atoms with Gasteiger partial charge >= 0.3 is 11.7 Å². The molecule has 0 bridgehead atoms. The lowest BCUT2D eigenvalue weighted by Gasteiger charge is -2.34. The molecule has 8 amide bonds. The first-order valence-corrected chi connectivity index (χ1v) is 37.6. The van der Waals surface area contributed by atoms with E-state index in [1.807, 2.05) is 53.5 Å². The van der Waals surface area contributed by atoms with Crippen LogP contribution in [-0.4, -0.2) is 278 Å². The van der Waals surface area contributed by atoms with E-state index in [0.29, 0.717) is 12.2 Å². The predicted octanol–water partition coefficient (Wildman–Crippen LogP) is -4.40. The second kappa shape index (κ2) is 39.6. The Morgan fingerprint density at radius 3 is 1.76 bits per heavy atom. The Bertz CT molecular complexity index is 4580. The minimum atomic E-state index is -2.29. The highest BCUT2D eigenvalue weighted by Gasteiger charge is 2.53. The Kier molecular flexibility index (Phi) is 30.4. The van der Waals surface area contributed by atoms with Gasteiger partial charge in [0.25, 0.3) is 11.5 Å².